The Labute approximate surface area is 172 Å². The molecule has 0 aliphatic carbocycles. The molecule has 3 heterocycles. The van der Waals surface area contributed by atoms with Gasteiger partial charge in [0.15, 0.2) is 11.5 Å². The Morgan fingerprint density at radius 3 is 2.77 bits per heavy atom. The summed E-state index contributed by atoms with van der Waals surface area (Å²) in [6.07, 6.45) is 6.84. The molecule has 0 N–H and O–H groups in total. The van der Waals surface area contributed by atoms with Gasteiger partial charge in [0.2, 0.25) is 5.88 Å². The summed E-state index contributed by atoms with van der Waals surface area (Å²) in [7, 11) is 1.51. The Hall–Kier alpha value is -3.75. The summed E-state index contributed by atoms with van der Waals surface area (Å²) in [6.45, 7) is 0.716. The van der Waals surface area contributed by atoms with E-state index in [9.17, 15) is 14.9 Å². The van der Waals surface area contributed by atoms with E-state index in [0.29, 0.717) is 23.7 Å². The zero-order chi connectivity index (χ0) is 21.1. The van der Waals surface area contributed by atoms with Crippen molar-refractivity contribution in [3.8, 4) is 17.4 Å². The number of ether oxygens (including phenoxy) is 2. The third kappa shape index (κ3) is 4.00. The molecule has 1 fully saturated rings. The number of aliphatic imine (C=N–C) groups is 1. The number of nitro groups is 1. The minimum absolute atomic E-state index is 0.0683. The Morgan fingerprint density at radius 2 is 2.03 bits per heavy atom. The number of hydrogen-bond acceptors (Lipinski definition) is 7. The molecule has 2 aliphatic heterocycles. The van der Waals surface area contributed by atoms with Crippen molar-refractivity contribution in [1.82, 2.24) is 9.88 Å². The maximum atomic E-state index is 12.7. The van der Waals surface area contributed by atoms with Gasteiger partial charge in [-0.2, -0.15) is 0 Å². The number of fused-ring (bicyclic) bond motifs is 1. The van der Waals surface area contributed by atoms with Crippen molar-refractivity contribution < 1.29 is 19.2 Å². The lowest BCUT2D eigenvalue weighted by atomic mass is 10.1. The Bertz CT molecular complexity index is 1050. The van der Waals surface area contributed by atoms with E-state index in [-0.39, 0.29) is 17.5 Å². The monoisotopic (exact) mass is 408 g/mol. The number of methoxy groups -OCH3 is 1. The maximum Gasteiger partial charge on any atom is 0.287 e. The lowest BCUT2D eigenvalue weighted by Gasteiger charge is -2.14. The smallest absolute Gasteiger partial charge is 0.287 e. The summed E-state index contributed by atoms with van der Waals surface area (Å²) in [5.74, 6) is 1.83. The first-order valence-electron chi connectivity index (χ1n) is 9.62. The normalized spacial score (nSPS) is 17.4. The van der Waals surface area contributed by atoms with E-state index in [4.69, 9.17) is 9.47 Å². The van der Waals surface area contributed by atoms with Gasteiger partial charge in [0, 0.05) is 25.1 Å². The molecule has 154 valence electrons. The van der Waals surface area contributed by atoms with Gasteiger partial charge in [0.25, 0.3) is 11.6 Å². The number of carbonyl (C=O) groups is 1. The predicted octanol–water partition coefficient (Wildman–Crippen LogP) is 3.95. The first kappa shape index (κ1) is 19.6. The summed E-state index contributed by atoms with van der Waals surface area (Å²) in [6, 6.07) is 7.95. The summed E-state index contributed by atoms with van der Waals surface area (Å²) < 4.78 is 11.1. The summed E-state index contributed by atoms with van der Waals surface area (Å²) in [5.41, 5.74) is 1.05. The molecule has 2 aliphatic rings. The molecule has 4 rings (SSSR count). The van der Waals surface area contributed by atoms with Crippen LogP contribution in [-0.4, -0.2) is 40.2 Å². The Balaban J connectivity index is 1.56. The van der Waals surface area contributed by atoms with E-state index in [1.807, 2.05) is 0 Å². The highest BCUT2D eigenvalue weighted by Gasteiger charge is 2.30. The zero-order valence-electron chi connectivity index (χ0n) is 16.4. The number of pyridine rings is 1. The summed E-state index contributed by atoms with van der Waals surface area (Å²) >= 11 is 0. The molecule has 0 atom stereocenters. The van der Waals surface area contributed by atoms with Gasteiger partial charge >= 0.3 is 0 Å². The molecule has 30 heavy (non-hydrogen) atoms. The van der Waals surface area contributed by atoms with Crippen LogP contribution < -0.4 is 9.47 Å². The second-order valence-corrected chi connectivity index (χ2v) is 6.95. The van der Waals surface area contributed by atoms with Crippen LogP contribution in [0.3, 0.4) is 0 Å². The number of benzene rings is 1. The van der Waals surface area contributed by atoms with Gasteiger partial charge in [0.1, 0.15) is 17.7 Å². The van der Waals surface area contributed by atoms with Crippen molar-refractivity contribution in [2.45, 2.75) is 25.7 Å². The molecule has 1 aromatic carbocycles. The van der Waals surface area contributed by atoms with Crippen LogP contribution in [0.25, 0.3) is 6.08 Å². The average Bonchev–Trinajstić information content (AvgIpc) is 2.91. The highest BCUT2D eigenvalue weighted by molar-refractivity contribution is 6.14. The van der Waals surface area contributed by atoms with Gasteiger partial charge in [-0.15, -0.1) is 0 Å². The molecule has 2 aromatic rings. The second-order valence-electron chi connectivity index (χ2n) is 6.95. The number of nitrogens with zero attached hydrogens (tertiary/aromatic N) is 4. The van der Waals surface area contributed by atoms with Crippen LogP contribution in [-0.2, 0) is 4.79 Å². The quantitative estimate of drug-likeness (QED) is 0.421. The molecule has 9 heteroatoms. The zero-order valence-corrected chi connectivity index (χ0v) is 16.4. The van der Waals surface area contributed by atoms with Crippen molar-refractivity contribution in [2.24, 2.45) is 4.99 Å². The van der Waals surface area contributed by atoms with Gasteiger partial charge < -0.3 is 9.47 Å². The number of rotatable bonds is 5. The molecule has 9 nitrogen and oxygen atoms in total. The molecule has 0 unspecified atom stereocenters. The van der Waals surface area contributed by atoms with Gasteiger partial charge in [-0.25, -0.2) is 9.98 Å². The number of carbonyl (C=O) groups excluding carboxylic acids is 1. The molecule has 0 spiro atoms. The van der Waals surface area contributed by atoms with Crippen LogP contribution in [0.4, 0.5) is 5.69 Å². The van der Waals surface area contributed by atoms with Crippen LogP contribution >= 0.6 is 0 Å². The largest absolute Gasteiger partial charge is 0.493 e. The topological polar surface area (TPSA) is 107 Å². The van der Waals surface area contributed by atoms with Gasteiger partial charge in [-0.1, -0.05) is 12.5 Å². The van der Waals surface area contributed by atoms with Crippen LogP contribution in [0.2, 0.25) is 0 Å². The number of hydrogen-bond donors (Lipinski definition) is 0. The summed E-state index contributed by atoms with van der Waals surface area (Å²) in [4.78, 5) is 33.1. The Kier molecular flexibility index (Phi) is 5.42. The fourth-order valence-corrected chi connectivity index (χ4v) is 3.42. The molecule has 1 amide bonds. The minimum atomic E-state index is -0.526. The van der Waals surface area contributed by atoms with Crippen molar-refractivity contribution in [3.63, 3.8) is 0 Å². The number of aromatic nitrogens is 1. The number of amides is 1. The highest BCUT2D eigenvalue weighted by atomic mass is 16.6. The lowest BCUT2D eigenvalue weighted by Crippen LogP contribution is -2.31. The van der Waals surface area contributed by atoms with E-state index in [2.05, 4.69) is 9.98 Å². The minimum Gasteiger partial charge on any atom is -0.493 e. The third-order valence-electron chi connectivity index (χ3n) is 4.94. The van der Waals surface area contributed by atoms with Crippen LogP contribution in [0.15, 0.2) is 47.2 Å². The lowest BCUT2D eigenvalue weighted by molar-refractivity contribution is -0.385. The highest BCUT2D eigenvalue weighted by Crippen LogP contribution is 2.33. The van der Waals surface area contributed by atoms with Crippen molar-refractivity contribution in [1.29, 1.82) is 0 Å². The van der Waals surface area contributed by atoms with Crippen LogP contribution in [0, 0.1) is 10.1 Å². The average molecular weight is 408 g/mol. The van der Waals surface area contributed by atoms with Gasteiger partial charge in [-0.05, 0) is 36.6 Å². The number of amidine groups is 1. The molecule has 0 bridgehead atoms. The van der Waals surface area contributed by atoms with E-state index in [1.165, 1.54) is 19.2 Å². The third-order valence-corrected chi connectivity index (χ3v) is 4.94. The fraction of sp³-hybridized carbons (Fsp3) is 0.286. The SMILES string of the molecule is COc1cc(C=C2N=C3CCCCCN3C2=O)ccc1Oc1ccc([N+](=O)[O-])cn1. The van der Waals surface area contributed by atoms with E-state index < -0.39 is 4.92 Å². The van der Waals surface area contributed by atoms with Gasteiger partial charge in [0.05, 0.1) is 12.0 Å². The van der Waals surface area contributed by atoms with E-state index in [0.717, 1.165) is 43.3 Å². The van der Waals surface area contributed by atoms with Crippen LogP contribution in [0.1, 0.15) is 31.2 Å². The molecular weight excluding hydrogens is 388 g/mol. The summed E-state index contributed by atoms with van der Waals surface area (Å²) in [5, 5.41) is 10.7. The maximum absolute atomic E-state index is 12.7. The van der Waals surface area contributed by atoms with Crippen molar-refractivity contribution >= 4 is 23.5 Å². The molecular formula is C21H20N4O5. The van der Waals surface area contributed by atoms with Crippen molar-refractivity contribution in [3.05, 3.63) is 57.9 Å². The second kappa shape index (κ2) is 8.32. The van der Waals surface area contributed by atoms with E-state index >= 15 is 0 Å². The molecule has 0 saturated carbocycles. The standard InChI is InChI=1S/C21H20N4O5/c1-29-18-12-14(11-16-21(26)24-10-4-2-3-5-19(24)23-16)6-8-17(18)30-20-9-7-15(13-22-20)25(27)28/h6-9,11-13H,2-5,10H2,1H3. The molecule has 0 radical (unpaired) electrons. The predicted molar refractivity (Wildman–Crippen MR) is 110 cm³/mol. The molecule has 1 saturated heterocycles. The Morgan fingerprint density at radius 1 is 1.17 bits per heavy atom. The first-order chi connectivity index (χ1) is 14.5. The molecule has 1 aromatic heterocycles. The van der Waals surface area contributed by atoms with Crippen LogP contribution in [0.5, 0.6) is 17.4 Å². The van der Waals surface area contributed by atoms with Gasteiger partial charge in [-0.3, -0.25) is 19.8 Å². The first-order valence-corrected chi connectivity index (χ1v) is 9.62. The fourth-order valence-electron chi connectivity index (χ4n) is 3.42. The van der Waals surface area contributed by atoms with Crippen molar-refractivity contribution in [2.75, 3.05) is 13.7 Å². The van der Waals surface area contributed by atoms with E-state index in [1.54, 1.807) is 29.2 Å².